The number of benzene rings is 2. The molecule has 3 aromatic rings. The molecule has 1 aliphatic heterocycles. The van der Waals surface area contributed by atoms with Gasteiger partial charge in [-0.05, 0) is 37.1 Å². The topological polar surface area (TPSA) is 50.3 Å². The summed E-state index contributed by atoms with van der Waals surface area (Å²) < 4.78 is 28.2. The molecule has 1 fully saturated rings. The van der Waals surface area contributed by atoms with E-state index in [4.69, 9.17) is 4.98 Å². The van der Waals surface area contributed by atoms with Crippen LogP contribution in [0.2, 0.25) is 0 Å². The van der Waals surface area contributed by atoms with Crippen molar-refractivity contribution in [3.05, 3.63) is 59.6 Å². The molecular weight excluding hydrogens is 340 g/mol. The first kappa shape index (κ1) is 15.7. The van der Waals surface area contributed by atoms with Gasteiger partial charge in [0.05, 0.1) is 20.1 Å². The summed E-state index contributed by atoms with van der Waals surface area (Å²) in [4.78, 5) is 5.11. The number of piperidine rings is 1. The smallest absolute Gasteiger partial charge is 0.241 e. The first-order chi connectivity index (χ1) is 11.6. The van der Waals surface area contributed by atoms with Crippen LogP contribution in [0.1, 0.15) is 23.8 Å². The molecule has 2 aromatic carbocycles. The largest absolute Gasteiger partial charge is 0.243 e. The average molecular weight is 358 g/mol. The van der Waals surface area contributed by atoms with Gasteiger partial charge in [0.15, 0.2) is 0 Å². The fourth-order valence-corrected chi connectivity index (χ4v) is 5.78. The van der Waals surface area contributed by atoms with Crippen LogP contribution >= 0.6 is 11.3 Å². The molecule has 0 bridgehead atoms. The number of fused-ring (bicyclic) bond motifs is 1. The molecule has 0 saturated carbocycles. The zero-order chi connectivity index (χ0) is 16.6. The second kappa shape index (κ2) is 6.27. The fraction of sp³-hybridized carbons (Fsp3) is 0.278. The third-order valence-corrected chi connectivity index (χ3v) is 7.61. The quantitative estimate of drug-likeness (QED) is 0.714. The Kier molecular flexibility index (Phi) is 4.12. The highest BCUT2D eigenvalue weighted by molar-refractivity contribution is 7.89. The molecule has 6 heteroatoms. The number of nitrogens with zero attached hydrogens (tertiary/aromatic N) is 2. The van der Waals surface area contributed by atoms with E-state index in [0.717, 1.165) is 23.4 Å². The van der Waals surface area contributed by atoms with Crippen LogP contribution in [0.5, 0.6) is 0 Å². The number of hydrogen-bond donors (Lipinski definition) is 0. The van der Waals surface area contributed by atoms with Crippen molar-refractivity contribution in [1.29, 1.82) is 0 Å². The molecule has 4 nitrogen and oxygen atoms in total. The van der Waals surface area contributed by atoms with Crippen molar-refractivity contribution in [2.75, 3.05) is 13.1 Å². The Balaban J connectivity index is 1.50. The van der Waals surface area contributed by atoms with Gasteiger partial charge in [0, 0.05) is 19.0 Å². The normalized spacial score (nSPS) is 17.3. The maximum atomic E-state index is 12.7. The number of hydrogen-bond acceptors (Lipinski definition) is 4. The highest BCUT2D eigenvalue weighted by atomic mass is 32.2. The Morgan fingerprint density at radius 3 is 2.33 bits per heavy atom. The van der Waals surface area contributed by atoms with E-state index in [0.29, 0.717) is 23.9 Å². The van der Waals surface area contributed by atoms with E-state index in [1.165, 1.54) is 4.70 Å². The van der Waals surface area contributed by atoms with Gasteiger partial charge in [-0.15, -0.1) is 11.3 Å². The highest BCUT2D eigenvalue weighted by Gasteiger charge is 2.30. The van der Waals surface area contributed by atoms with Gasteiger partial charge in [-0.2, -0.15) is 4.31 Å². The van der Waals surface area contributed by atoms with Crippen LogP contribution in [-0.2, 0) is 10.0 Å². The van der Waals surface area contributed by atoms with Gasteiger partial charge >= 0.3 is 0 Å². The Labute approximate surface area is 145 Å². The summed E-state index contributed by atoms with van der Waals surface area (Å²) in [5.74, 6) is 0.352. The molecule has 0 radical (unpaired) electrons. The molecule has 0 N–H and O–H groups in total. The molecule has 0 atom stereocenters. The van der Waals surface area contributed by atoms with E-state index < -0.39 is 10.0 Å². The maximum absolute atomic E-state index is 12.7. The minimum absolute atomic E-state index is 0.352. The lowest BCUT2D eigenvalue weighted by Crippen LogP contribution is -2.37. The van der Waals surface area contributed by atoms with Gasteiger partial charge in [0.1, 0.15) is 0 Å². The van der Waals surface area contributed by atoms with E-state index in [2.05, 4.69) is 6.07 Å². The van der Waals surface area contributed by atoms with E-state index in [-0.39, 0.29) is 0 Å². The van der Waals surface area contributed by atoms with Gasteiger partial charge in [-0.25, -0.2) is 13.4 Å². The van der Waals surface area contributed by atoms with Crippen LogP contribution < -0.4 is 0 Å². The van der Waals surface area contributed by atoms with E-state index in [1.807, 2.05) is 24.3 Å². The Bertz CT molecular complexity index is 910. The Hall–Kier alpha value is -1.76. The molecule has 4 rings (SSSR count). The van der Waals surface area contributed by atoms with E-state index in [9.17, 15) is 8.42 Å². The SMILES string of the molecule is O=S(=O)(c1ccccc1)N1CCC(c2nc3ccccc3s2)CC1. The van der Waals surface area contributed by atoms with Crippen molar-refractivity contribution in [3.8, 4) is 0 Å². The molecule has 124 valence electrons. The highest BCUT2D eigenvalue weighted by Crippen LogP contribution is 2.35. The zero-order valence-electron chi connectivity index (χ0n) is 13.1. The molecule has 1 aliphatic rings. The Morgan fingerprint density at radius 1 is 0.958 bits per heavy atom. The molecule has 0 unspecified atom stereocenters. The third kappa shape index (κ3) is 2.85. The van der Waals surface area contributed by atoms with Gasteiger partial charge in [-0.1, -0.05) is 30.3 Å². The molecule has 1 saturated heterocycles. The molecule has 0 amide bonds. The summed E-state index contributed by atoms with van der Waals surface area (Å²) in [6.45, 7) is 1.11. The number of sulfonamides is 1. The minimum Gasteiger partial charge on any atom is -0.241 e. The molecule has 0 spiro atoms. The Morgan fingerprint density at radius 2 is 1.62 bits per heavy atom. The van der Waals surface area contributed by atoms with Gasteiger partial charge in [0.25, 0.3) is 0 Å². The summed E-state index contributed by atoms with van der Waals surface area (Å²) in [5.41, 5.74) is 1.04. The summed E-state index contributed by atoms with van der Waals surface area (Å²) in [6.07, 6.45) is 1.65. The lowest BCUT2D eigenvalue weighted by molar-refractivity contribution is 0.319. The molecule has 1 aromatic heterocycles. The second-order valence-corrected chi connectivity index (χ2v) is 9.01. The number of para-hydroxylation sites is 1. The summed E-state index contributed by atoms with van der Waals surface area (Å²) in [7, 11) is -3.38. The summed E-state index contributed by atoms with van der Waals surface area (Å²) >= 11 is 1.73. The van der Waals surface area contributed by atoms with Crippen LogP contribution in [0.3, 0.4) is 0 Å². The predicted molar refractivity (Wildman–Crippen MR) is 96.8 cm³/mol. The van der Waals surface area contributed by atoms with Crippen LogP contribution in [0.4, 0.5) is 0 Å². The molecular formula is C18H18N2O2S2. The van der Waals surface area contributed by atoms with Gasteiger partial charge < -0.3 is 0 Å². The van der Waals surface area contributed by atoms with Crippen molar-refractivity contribution in [2.24, 2.45) is 0 Å². The van der Waals surface area contributed by atoms with Crippen molar-refractivity contribution >= 4 is 31.6 Å². The van der Waals surface area contributed by atoms with Crippen molar-refractivity contribution in [1.82, 2.24) is 9.29 Å². The van der Waals surface area contributed by atoms with Crippen molar-refractivity contribution in [3.63, 3.8) is 0 Å². The monoisotopic (exact) mass is 358 g/mol. The van der Waals surface area contributed by atoms with E-state index in [1.54, 1.807) is 39.9 Å². The third-order valence-electron chi connectivity index (χ3n) is 4.49. The number of thiazole rings is 1. The zero-order valence-corrected chi connectivity index (χ0v) is 14.8. The number of rotatable bonds is 3. The van der Waals surface area contributed by atoms with Crippen molar-refractivity contribution < 1.29 is 8.42 Å². The first-order valence-corrected chi connectivity index (χ1v) is 10.3. The maximum Gasteiger partial charge on any atom is 0.243 e. The standard InChI is InChI=1S/C18H18N2O2S2/c21-24(22,15-6-2-1-3-7-15)20-12-10-14(11-13-20)18-19-16-8-4-5-9-17(16)23-18/h1-9,14H,10-13H2. The van der Waals surface area contributed by atoms with Gasteiger partial charge in [0.2, 0.25) is 10.0 Å². The fourth-order valence-electron chi connectivity index (χ4n) is 3.15. The molecule has 0 aliphatic carbocycles. The van der Waals surface area contributed by atoms with Crippen LogP contribution in [0, 0.1) is 0 Å². The first-order valence-electron chi connectivity index (χ1n) is 8.05. The molecule has 24 heavy (non-hydrogen) atoms. The minimum atomic E-state index is -3.38. The van der Waals surface area contributed by atoms with E-state index >= 15 is 0 Å². The van der Waals surface area contributed by atoms with Crippen molar-refractivity contribution in [2.45, 2.75) is 23.7 Å². The summed E-state index contributed by atoms with van der Waals surface area (Å²) in [6, 6.07) is 16.8. The predicted octanol–water partition coefficient (Wildman–Crippen LogP) is 3.86. The second-order valence-electron chi connectivity index (χ2n) is 6.01. The van der Waals surface area contributed by atoms with Gasteiger partial charge in [-0.3, -0.25) is 0 Å². The lowest BCUT2D eigenvalue weighted by atomic mass is 9.99. The van der Waals surface area contributed by atoms with Crippen LogP contribution in [-0.4, -0.2) is 30.8 Å². The van der Waals surface area contributed by atoms with Crippen LogP contribution in [0.25, 0.3) is 10.2 Å². The average Bonchev–Trinajstić information content (AvgIpc) is 3.07. The molecule has 2 heterocycles. The lowest BCUT2D eigenvalue weighted by Gasteiger charge is -2.30. The van der Waals surface area contributed by atoms with Crippen LogP contribution in [0.15, 0.2) is 59.5 Å². The summed E-state index contributed by atoms with van der Waals surface area (Å²) in [5, 5.41) is 1.13. The number of aromatic nitrogens is 1.